The van der Waals surface area contributed by atoms with Gasteiger partial charge in [-0.05, 0) is 26.0 Å². The van der Waals surface area contributed by atoms with Crippen LogP contribution in [0.4, 0.5) is 0 Å². The molecule has 0 spiro atoms. The normalized spacial score (nSPS) is 17.2. The van der Waals surface area contributed by atoms with Crippen molar-refractivity contribution in [3.63, 3.8) is 0 Å². The van der Waals surface area contributed by atoms with Gasteiger partial charge in [0.15, 0.2) is 0 Å². The van der Waals surface area contributed by atoms with E-state index in [-0.39, 0.29) is 6.04 Å². The molecule has 1 aromatic rings. The number of hydrogen-bond donors (Lipinski definition) is 1. The third kappa shape index (κ3) is 2.92. The van der Waals surface area contributed by atoms with Gasteiger partial charge in [0.2, 0.25) is 10.0 Å². The lowest BCUT2D eigenvalue weighted by molar-refractivity contribution is 0.335. The standard InChI is InChI=1S/C14H25N3O2S/c1-4-17(12-7-5-6-8-12)20(18,19)14-9-13(10-15-2)16(3)11-14/h9,11-12,15H,4-8,10H2,1-3H3. The molecule has 1 saturated carbocycles. The summed E-state index contributed by atoms with van der Waals surface area (Å²) >= 11 is 0. The van der Waals surface area contributed by atoms with Crippen LogP contribution in [0.25, 0.3) is 0 Å². The molecule has 1 fully saturated rings. The summed E-state index contributed by atoms with van der Waals surface area (Å²) in [6.07, 6.45) is 5.97. The van der Waals surface area contributed by atoms with Gasteiger partial charge in [-0.1, -0.05) is 19.8 Å². The quantitative estimate of drug-likeness (QED) is 0.870. The second-order valence-electron chi connectivity index (χ2n) is 5.46. The van der Waals surface area contributed by atoms with E-state index in [1.165, 1.54) is 0 Å². The van der Waals surface area contributed by atoms with Crippen LogP contribution in [0.15, 0.2) is 17.2 Å². The lowest BCUT2D eigenvalue weighted by Gasteiger charge is -2.26. The lowest BCUT2D eigenvalue weighted by Crippen LogP contribution is -2.38. The predicted octanol–water partition coefficient (Wildman–Crippen LogP) is 1.70. The molecule has 1 N–H and O–H groups in total. The maximum Gasteiger partial charge on any atom is 0.244 e. The first-order chi connectivity index (χ1) is 9.50. The highest BCUT2D eigenvalue weighted by atomic mass is 32.2. The molecule has 114 valence electrons. The van der Waals surface area contributed by atoms with Gasteiger partial charge in [0.25, 0.3) is 0 Å². The van der Waals surface area contributed by atoms with E-state index < -0.39 is 10.0 Å². The van der Waals surface area contributed by atoms with Crippen molar-refractivity contribution in [3.05, 3.63) is 18.0 Å². The maximum atomic E-state index is 12.8. The Morgan fingerprint density at radius 3 is 2.60 bits per heavy atom. The van der Waals surface area contributed by atoms with E-state index in [0.29, 0.717) is 18.0 Å². The van der Waals surface area contributed by atoms with E-state index in [4.69, 9.17) is 0 Å². The van der Waals surface area contributed by atoms with Gasteiger partial charge in [-0.25, -0.2) is 8.42 Å². The Balaban J connectivity index is 2.30. The van der Waals surface area contributed by atoms with Crippen LogP contribution in [0.1, 0.15) is 38.3 Å². The van der Waals surface area contributed by atoms with Crippen LogP contribution in [0.3, 0.4) is 0 Å². The Labute approximate surface area is 122 Å². The number of rotatable bonds is 6. The molecule has 0 aromatic carbocycles. The molecule has 2 rings (SSSR count). The number of nitrogens with zero attached hydrogens (tertiary/aromatic N) is 2. The van der Waals surface area contributed by atoms with Gasteiger partial charge >= 0.3 is 0 Å². The summed E-state index contributed by atoms with van der Waals surface area (Å²) in [7, 11) is 0.376. The average molecular weight is 299 g/mol. The van der Waals surface area contributed by atoms with Gasteiger partial charge in [-0.2, -0.15) is 4.31 Å². The summed E-state index contributed by atoms with van der Waals surface area (Å²) in [5.41, 5.74) is 0.980. The molecule has 0 unspecified atom stereocenters. The predicted molar refractivity (Wildman–Crippen MR) is 80.0 cm³/mol. The molecular weight excluding hydrogens is 274 g/mol. The topological polar surface area (TPSA) is 54.3 Å². The molecule has 20 heavy (non-hydrogen) atoms. The van der Waals surface area contributed by atoms with Crippen LogP contribution < -0.4 is 5.32 Å². The molecule has 5 nitrogen and oxygen atoms in total. The Morgan fingerprint density at radius 2 is 2.05 bits per heavy atom. The number of aryl methyl sites for hydroxylation is 1. The zero-order valence-corrected chi connectivity index (χ0v) is 13.4. The minimum Gasteiger partial charge on any atom is -0.352 e. The van der Waals surface area contributed by atoms with Crippen LogP contribution in [-0.2, 0) is 23.6 Å². The van der Waals surface area contributed by atoms with Crippen LogP contribution in [-0.4, -0.2) is 36.9 Å². The van der Waals surface area contributed by atoms with Crippen molar-refractivity contribution in [2.24, 2.45) is 7.05 Å². The smallest absolute Gasteiger partial charge is 0.244 e. The first-order valence-corrected chi connectivity index (χ1v) is 8.76. The third-order valence-electron chi connectivity index (χ3n) is 4.09. The molecule has 1 heterocycles. The van der Waals surface area contributed by atoms with E-state index in [9.17, 15) is 8.42 Å². The minimum absolute atomic E-state index is 0.179. The van der Waals surface area contributed by atoms with Crippen molar-refractivity contribution >= 4 is 10.0 Å². The first kappa shape index (κ1) is 15.5. The summed E-state index contributed by atoms with van der Waals surface area (Å²) in [4.78, 5) is 0.416. The van der Waals surface area contributed by atoms with E-state index in [2.05, 4.69) is 5.32 Å². The molecule has 6 heteroatoms. The van der Waals surface area contributed by atoms with Crippen LogP contribution in [0, 0.1) is 0 Å². The highest BCUT2D eigenvalue weighted by Gasteiger charge is 2.32. The zero-order valence-electron chi connectivity index (χ0n) is 12.6. The SMILES string of the molecule is CCN(C1CCCC1)S(=O)(=O)c1cc(CNC)n(C)c1. The molecule has 1 aliphatic rings. The number of sulfonamides is 1. The molecule has 1 aliphatic carbocycles. The molecule has 0 saturated heterocycles. The van der Waals surface area contributed by atoms with Crippen molar-refractivity contribution in [1.29, 1.82) is 0 Å². The van der Waals surface area contributed by atoms with Gasteiger partial charge in [0.1, 0.15) is 4.90 Å². The van der Waals surface area contributed by atoms with Crippen LogP contribution in [0.2, 0.25) is 0 Å². The van der Waals surface area contributed by atoms with Gasteiger partial charge in [0, 0.05) is 38.1 Å². The molecule has 0 bridgehead atoms. The summed E-state index contributed by atoms with van der Waals surface area (Å²) in [6.45, 7) is 3.14. The fourth-order valence-corrected chi connectivity index (χ4v) is 4.82. The second kappa shape index (κ2) is 6.28. The Morgan fingerprint density at radius 1 is 1.40 bits per heavy atom. The highest BCUT2D eigenvalue weighted by molar-refractivity contribution is 7.89. The highest BCUT2D eigenvalue weighted by Crippen LogP contribution is 2.29. The van der Waals surface area contributed by atoms with Crippen LogP contribution >= 0.6 is 0 Å². The number of aromatic nitrogens is 1. The van der Waals surface area contributed by atoms with E-state index in [1.807, 2.05) is 25.6 Å². The van der Waals surface area contributed by atoms with Crippen molar-refractivity contribution < 1.29 is 8.42 Å². The Kier molecular flexibility index (Phi) is 4.88. The van der Waals surface area contributed by atoms with Crippen molar-refractivity contribution in [3.8, 4) is 0 Å². The molecule has 0 radical (unpaired) electrons. The zero-order chi connectivity index (χ0) is 14.8. The monoisotopic (exact) mass is 299 g/mol. The van der Waals surface area contributed by atoms with Gasteiger partial charge < -0.3 is 9.88 Å². The van der Waals surface area contributed by atoms with E-state index >= 15 is 0 Å². The summed E-state index contributed by atoms with van der Waals surface area (Å²) in [5, 5.41) is 3.06. The van der Waals surface area contributed by atoms with Crippen molar-refractivity contribution in [2.75, 3.05) is 13.6 Å². The Bertz CT molecular complexity index is 545. The number of nitrogens with one attached hydrogen (secondary N) is 1. The van der Waals surface area contributed by atoms with Gasteiger partial charge in [-0.15, -0.1) is 0 Å². The second-order valence-corrected chi connectivity index (χ2v) is 7.35. The van der Waals surface area contributed by atoms with Gasteiger partial charge in [0.05, 0.1) is 0 Å². The Hall–Kier alpha value is -0.850. The largest absolute Gasteiger partial charge is 0.352 e. The first-order valence-electron chi connectivity index (χ1n) is 7.32. The molecule has 0 amide bonds. The van der Waals surface area contributed by atoms with Gasteiger partial charge in [-0.3, -0.25) is 0 Å². The molecule has 0 aliphatic heterocycles. The van der Waals surface area contributed by atoms with E-state index in [1.54, 1.807) is 16.6 Å². The summed E-state index contributed by atoms with van der Waals surface area (Å²) in [6, 6.07) is 1.96. The van der Waals surface area contributed by atoms with E-state index in [0.717, 1.165) is 31.4 Å². The van der Waals surface area contributed by atoms with Crippen molar-refractivity contribution in [1.82, 2.24) is 14.2 Å². The summed E-state index contributed by atoms with van der Waals surface area (Å²) < 4.78 is 29.2. The molecule has 1 aromatic heterocycles. The molecule has 0 atom stereocenters. The third-order valence-corrected chi connectivity index (χ3v) is 6.08. The fourth-order valence-electron chi connectivity index (χ4n) is 3.03. The lowest BCUT2D eigenvalue weighted by atomic mass is 10.2. The number of hydrogen-bond acceptors (Lipinski definition) is 3. The van der Waals surface area contributed by atoms with Crippen molar-refractivity contribution in [2.45, 2.75) is 50.1 Å². The average Bonchev–Trinajstić information content (AvgIpc) is 3.02. The maximum absolute atomic E-state index is 12.8. The van der Waals surface area contributed by atoms with Crippen LogP contribution in [0.5, 0.6) is 0 Å². The summed E-state index contributed by atoms with van der Waals surface area (Å²) in [5.74, 6) is 0. The molecular formula is C14H25N3O2S. The minimum atomic E-state index is -3.37. The fraction of sp³-hybridized carbons (Fsp3) is 0.714.